The Balaban J connectivity index is 1.92. The van der Waals surface area contributed by atoms with Crippen LogP contribution in [0, 0.1) is 11.3 Å². The van der Waals surface area contributed by atoms with Crippen LogP contribution in [0.5, 0.6) is 5.75 Å². The average molecular weight is 342 g/mol. The fourth-order valence-electron chi connectivity index (χ4n) is 2.72. The van der Waals surface area contributed by atoms with Crippen molar-refractivity contribution in [2.75, 3.05) is 11.9 Å². The van der Waals surface area contributed by atoms with Crippen LogP contribution in [0.1, 0.15) is 12.5 Å². The van der Waals surface area contributed by atoms with E-state index in [1.807, 2.05) is 61.5 Å². The standard InChI is InChI=1S/C22H18N2O2/c1-2-26-21-13-6-5-12-20(21)24-22(25)18(15-23)14-17-10-7-9-16-8-3-4-11-19(16)17/h3-14H,2H2,1H3,(H,24,25)/b18-14+. The predicted octanol–water partition coefficient (Wildman–Crippen LogP) is 4.78. The van der Waals surface area contributed by atoms with Gasteiger partial charge in [-0.2, -0.15) is 5.26 Å². The summed E-state index contributed by atoms with van der Waals surface area (Å²) in [6.07, 6.45) is 1.61. The number of para-hydroxylation sites is 2. The molecule has 4 nitrogen and oxygen atoms in total. The van der Waals surface area contributed by atoms with E-state index in [0.29, 0.717) is 18.0 Å². The quantitative estimate of drug-likeness (QED) is 0.536. The maximum Gasteiger partial charge on any atom is 0.266 e. The van der Waals surface area contributed by atoms with E-state index in [4.69, 9.17) is 4.74 Å². The van der Waals surface area contributed by atoms with E-state index in [0.717, 1.165) is 16.3 Å². The molecule has 0 atom stereocenters. The van der Waals surface area contributed by atoms with Gasteiger partial charge in [-0.25, -0.2) is 0 Å². The Morgan fingerprint density at radius 3 is 2.62 bits per heavy atom. The molecule has 3 aromatic rings. The van der Waals surface area contributed by atoms with Gasteiger partial charge in [0.25, 0.3) is 5.91 Å². The van der Waals surface area contributed by atoms with E-state index >= 15 is 0 Å². The van der Waals surface area contributed by atoms with Crippen LogP contribution in [0.25, 0.3) is 16.8 Å². The molecule has 0 saturated heterocycles. The van der Waals surface area contributed by atoms with Crippen molar-refractivity contribution < 1.29 is 9.53 Å². The fourth-order valence-corrected chi connectivity index (χ4v) is 2.72. The molecule has 3 aromatic carbocycles. The zero-order chi connectivity index (χ0) is 18.4. The monoisotopic (exact) mass is 342 g/mol. The predicted molar refractivity (Wildman–Crippen MR) is 104 cm³/mol. The lowest BCUT2D eigenvalue weighted by Gasteiger charge is -2.11. The van der Waals surface area contributed by atoms with Crippen LogP contribution in [0.2, 0.25) is 0 Å². The van der Waals surface area contributed by atoms with Crippen molar-refractivity contribution in [1.29, 1.82) is 5.26 Å². The van der Waals surface area contributed by atoms with E-state index in [2.05, 4.69) is 5.32 Å². The minimum absolute atomic E-state index is 0.0349. The molecule has 4 heteroatoms. The van der Waals surface area contributed by atoms with Crippen molar-refractivity contribution in [3.8, 4) is 11.8 Å². The number of hydrogen-bond donors (Lipinski definition) is 1. The Bertz CT molecular complexity index is 1010. The number of amides is 1. The lowest BCUT2D eigenvalue weighted by Crippen LogP contribution is -2.14. The van der Waals surface area contributed by atoms with Gasteiger partial charge in [0.15, 0.2) is 0 Å². The maximum atomic E-state index is 12.6. The number of nitrogens with one attached hydrogen (secondary N) is 1. The van der Waals surface area contributed by atoms with Gasteiger partial charge in [-0.3, -0.25) is 4.79 Å². The number of fused-ring (bicyclic) bond motifs is 1. The van der Waals surface area contributed by atoms with E-state index < -0.39 is 5.91 Å². The molecule has 0 bridgehead atoms. The Labute approximate surface area is 152 Å². The Morgan fingerprint density at radius 1 is 1.08 bits per heavy atom. The molecule has 0 aliphatic carbocycles. The molecule has 0 heterocycles. The second-order valence-corrected chi connectivity index (χ2v) is 5.62. The number of nitrogens with zero attached hydrogens (tertiary/aromatic N) is 1. The van der Waals surface area contributed by atoms with Crippen molar-refractivity contribution in [2.45, 2.75) is 6.92 Å². The van der Waals surface area contributed by atoms with Crippen LogP contribution in [0.3, 0.4) is 0 Å². The third kappa shape index (κ3) is 3.73. The summed E-state index contributed by atoms with van der Waals surface area (Å²) >= 11 is 0. The first-order chi connectivity index (χ1) is 12.7. The molecule has 0 fully saturated rings. The van der Waals surface area contributed by atoms with Crippen molar-refractivity contribution >= 4 is 28.4 Å². The van der Waals surface area contributed by atoms with Crippen molar-refractivity contribution in [3.63, 3.8) is 0 Å². The highest BCUT2D eigenvalue weighted by Gasteiger charge is 2.13. The summed E-state index contributed by atoms with van der Waals surface area (Å²) in [5.41, 5.74) is 1.40. The zero-order valence-electron chi connectivity index (χ0n) is 14.4. The second-order valence-electron chi connectivity index (χ2n) is 5.62. The van der Waals surface area contributed by atoms with Crippen LogP contribution >= 0.6 is 0 Å². The van der Waals surface area contributed by atoms with Crippen LogP contribution < -0.4 is 10.1 Å². The molecule has 0 aliphatic rings. The van der Waals surface area contributed by atoms with Crippen molar-refractivity contribution in [3.05, 3.63) is 77.9 Å². The van der Waals surface area contributed by atoms with Gasteiger partial charge in [-0.05, 0) is 41.5 Å². The molecule has 26 heavy (non-hydrogen) atoms. The van der Waals surface area contributed by atoms with Gasteiger partial charge in [-0.15, -0.1) is 0 Å². The topological polar surface area (TPSA) is 62.1 Å². The first kappa shape index (κ1) is 17.2. The van der Waals surface area contributed by atoms with Gasteiger partial charge in [0.1, 0.15) is 17.4 Å². The number of carbonyl (C=O) groups excluding carboxylic acids is 1. The van der Waals surface area contributed by atoms with Gasteiger partial charge in [0.05, 0.1) is 12.3 Å². The molecule has 128 valence electrons. The molecule has 0 saturated carbocycles. The summed E-state index contributed by atoms with van der Waals surface area (Å²) in [4.78, 5) is 12.6. The number of anilines is 1. The normalized spacial score (nSPS) is 11.0. The first-order valence-electron chi connectivity index (χ1n) is 8.35. The molecule has 3 rings (SSSR count). The Hall–Kier alpha value is -3.58. The molecular formula is C22H18N2O2. The number of hydrogen-bond acceptors (Lipinski definition) is 3. The molecule has 0 radical (unpaired) electrons. The highest BCUT2D eigenvalue weighted by Crippen LogP contribution is 2.25. The van der Waals surface area contributed by atoms with E-state index in [-0.39, 0.29) is 5.57 Å². The van der Waals surface area contributed by atoms with E-state index in [1.165, 1.54) is 0 Å². The van der Waals surface area contributed by atoms with Gasteiger partial charge < -0.3 is 10.1 Å². The lowest BCUT2D eigenvalue weighted by atomic mass is 10.0. The van der Waals surface area contributed by atoms with Crippen LogP contribution in [-0.2, 0) is 4.79 Å². The molecule has 0 aromatic heterocycles. The molecule has 0 unspecified atom stereocenters. The van der Waals surface area contributed by atoms with Crippen LogP contribution in [-0.4, -0.2) is 12.5 Å². The highest BCUT2D eigenvalue weighted by atomic mass is 16.5. The Kier molecular flexibility index (Phi) is 5.31. The third-order valence-electron chi connectivity index (χ3n) is 3.92. The molecule has 1 N–H and O–H groups in total. The number of carbonyl (C=O) groups is 1. The number of rotatable bonds is 5. The molecule has 0 aliphatic heterocycles. The lowest BCUT2D eigenvalue weighted by molar-refractivity contribution is -0.112. The number of ether oxygens (including phenoxy) is 1. The highest BCUT2D eigenvalue weighted by molar-refractivity contribution is 6.11. The minimum Gasteiger partial charge on any atom is -0.492 e. The van der Waals surface area contributed by atoms with Crippen LogP contribution in [0.15, 0.2) is 72.3 Å². The summed E-state index contributed by atoms with van der Waals surface area (Å²) in [5, 5.41) is 14.3. The summed E-state index contributed by atoms with van der Waals surface area (Å²) in [6, 6.07) is 22.8. The van der Waals surface area contributed by atoms with E-state index in [1.54, 1.807) is 24.3 Å². The van der Waals surface area contributed by atoms with Gasteiger partial charge in [0.2, 0.25) is 0 Å². The molecule has 1 amide bonds. The van der Waals surface area contributed by atoms with Crippen molar-refractivity contribution in [2.24, 2.45) is 0 Å². The summed E-state index contributed by atoms with van der Waals surface area (Å²) < 4.78 is 5.51. The minimum atomic E-state index is -0.465. The smallest absolute Gasteiger partial charge is 0.266 e. The number of benzene rings is 3. The summed E-state index contributed by atoms with van der Waals surface area (Å²) in [5.74, 6) is 0.110. The molecule has 0 spiro atoms. The second kappa shape index (κ2) is 8.00. The zero-order valence-corrected chi connectivity index (χ0v) is 14.4. The van der Waals surface area contributed by atoms with Gasteiger partial charge in [-0.1, -0.05) is 54.6 Å². The SMILES string of the molecule is CCOc1ccccc1NC(=O)/C(C#N)=C/c1cccc2ccccc12. The third-order valence-corrected chi connectivity index (χ3v) is 3.92. The van der Waals surface area contributed by atoms with Crippen molar-refractivity contribution in [1.82, 2.24) is 0 Å². The average Bonchev–Trinajstić information content (AvgIpc) is 2.67. The summed E-state index contributed by atoms with van der Waals surface area (Å²) in [7, 11) is 0. The maximum absolute atomic E-state index is 12.6. The van der Waals surface area contributed by atoms with Gasteiger partial charge >= 0.3 is 0 Å². The summed E-state index contributed by atoms with van der Waals surface area (Å²) in [6.45, 7) is 2.36. The van der Waals surface area contributed by atoms with Gasteiger partial charge in [0, 0.05) is 0 Å². The van der Waals surface area contributed by atoms with Crippen LogP contribution in [0.4, 0.5) is 5.69 Å². The largest absolute Gasteiger partial charge is 0.492 e. The first-order valence-corrected chi connectivity index (χ1v) is 8.35. The number of nitriles is 1. The fraction of sp³-hybridized carbons (Fsp3) is 0.0909. The van der Waals surface area contributed by atoms with E-state index in [9.17, 15) is 10.1 Å². The molecular weight excluding hydrogens is 324 g/mol. The Morgan fingerprint density at radius 2 is 1.81 bits per heavy atom.